The smallest absolute Gasteiger partial charge is 0.327 e. The maximum atomic E-state index is 12.2. The zero-order valence-electron chi connectivity index (χ0n) is 11.9. The highest BCUT2D eigenvalue weighted by molar-refractivity contribution is 9.10. The van der Waals surface area contributed by atoms with Crippen LogP contribution in [0, 0.1) is 5.92 Å². The van der Waals surface area contributed by atoms with Crippen molar-refractivity contribution >= 4 is 27.6 Å². The number of hydrogen-bond acceptors (Lipinski definition) is 6. The summed E-state index contributed by atoms with van der Waals surface area (Å²) in [7, 11) is 1.28. The molecule has 2 N–H and O–H groups in total. The van der Waals surface area contributed by atoms with Crippen molar-refractivity contribution in [3.63, 3.8) is 0 Å². The van der Waals surface area contributed by atoms with Gasteiger partial charge in [0.25, 0.3) is 5.56 Å². The number of carbonyl (C=O) groups is 1. The molecule has 1 unspecified atom stereocenters. The molecule has 1 aromatic rings. The Morgan fingerprint density at radius 1 is 1.62 bits per heavy atom. The number of methoxy groups -OCH3 is 1. The van der Waals surface area contributed by atoms with Crippen molar-refractivity contribution in [2.75, 3.05) is 31.6 Å². The SMILES string of the molecule is COC(=O)Cn1ncc(N2CCCC(CN)C2)c(Br)c1=O. The van der Waals surface area contributed by atoms with Crippen LogP contribution in [-0.4, -0.2) is 42.5 Å². The Labute approximate surface area is 131 Å². The molecule has 8 heteroatoms. The molecule has 21 heavy (non-hydrogen) atoms. The zero-order valence-corrected chi connectivity index (χ0v) is 13.5. The molecule has 0 aliphatic carbocycles. The summed E-state index contributed by atoms with van der Waals surface area (Å²) < 4.78 is 6.05. The molecule has 116 valence electrons. The lowest BCUT2D eigenvalue weighted by molar-refractivity contribution is -0.141. The predicted octanol–water partition coefficient (Wildman–Crippen LogP) is 0.354. The summed E-state index contributed by atoms with van der Waals surface area (Å²) in [6.45, 7) is 2.13. The van der Waals surface area contributed by atoms with Crippen molar-refractivity contribution in [3.8, 4) is 0 Å². The summed E-state index contributed by atoms with van der Waals surface area (Å²) in [4.78, 5) is 25.6. The Kier molecular flexibility index (Phi) is 5.35. The third-order valence-corrected chi connectivity index (χ3v) is 4.41. The minimum Gasteiger partial charge on any atom is -0.468 e. The first kappa shape index (κ1) is 16.0. The topological polar surface area (TPSA) is 90.5 Å². The number of hydrogen-bond donors (Lipinski definition) is 1. The average Bonchev–Trinajstić information content (AvgIpc) is 2.52. The molecule has 7 nitrogen and oxygen atoms in total. The summed E-state index contributed by atoms with van der Waals surface area (Å²) in [5, 5.41) is 4.05. The minimum atomic E-state index is -0.509. The molecule has 1 aromatic heterocycles. The molecule has 2 rings (SSSR count). The number of aromatic nitrogens is 2. The van der Waals surface area contributed by atoms with Crippen LogP contribution in [0.5, 0.6) is 0 Å². The average molecular weight is 359 g/mol. The van der Waals surface area contributed by atoms with E-state index in [1.165, 1.54) is 7.11 Å². The van der Waals surface area contributed by atoms with Gasteiger partial charge in [-0.2, -0.15) is 5.10 Å². The highest BCUT2D eigenvalue weighted by Gasteiger charge is 2.22. The first-order valence-electron chi connectivity index (χ1n) is 6.84. The molecular formula is C13H19BrN4O3. The van der Waals surface area contributed by atoms with Gasteiger partial charge in [-0.1, -0.05) is 0 Å². The van der Waals surface area contributed by atoms with Gasteiger partial charge >= 0.3 is 5.97 Å². The summed E-state index contributed by atoms with van der Waals surface area (Å²) in [6.07, 6.45) is 3.75. The van der Waals surface area contributed by atoms with Gasteiger partial charge in [0.2, 0.25) is 0 Å². The standard InChI is InChI=1S/C13H19BrN4O3/c1-21-11(19)8-18-13(20)12(14)10(6-16-18)17-4-2-3-9(5-15)7-17/h6,9H,2-5,7-8,15H2,1H3. The van der Waals surface area contributed by atoms with E-state index < -0.39 is 5.97 Å². The number of halogens is 1. The van der Waals surface area contributed by atoms with Crippen LogP contribution in [-0.2, 0) is 16.1 Å². The van der Waals surface area contributed by atoms with Crippen molar-refractivity contribution in [3.05, 3.63) is 21.0 Å². The Balaban J connectivity index is 2.24. The molecule has 1 aliphatic rings. The largest absolute Gasteiger partial charge is 0.468 e. The second kappa shape index (κ2) is 7.04. The van der Waals surface area contributed by atoms with E-state index in [2.05, 4.69) is 30.7 Å². The molecule has 0 spiro atoms. The number of ether oxygens (including phenoxy) is 1. The summed E-state index contributed by atoms with van der Waals surface area (Å²) in [5.74, 6) is -0.0754. The van der Waals surface area contributed by atoms with E-state index in [0.717, 1.165) is 36.3 Å². The maximum Gasteiger partial charge on any atom is 0.327 e. The van der Waals surface area contributed by atoms with Crippen LogP contribution >= 0.6 is 15.9 Å². The van der Waals surface area contributed by atoms with Gasteiger partial charge in [-0.25, -0.2) is 4.68 Å². The second-order valence-electron chi connectivity index (χ2n) is 5.07. The highest BCUT2D eigenvalue weighted by Crippen LogP contribution is 2.26. The van der Waals surface area contributed by atoms with E-state index in [-0.39, 0.29) is 12.1 Å². The van der Waals surface area contributed by atoms with Crippen LogP contribution in [0.1, 0.15) is 12.8 Å². The van der Waals surface area contributed by atoms with Gasteiger partial charge < -0.3 is 15.4 Å². The summed E-state index contributed by atoms with van der Waals surface area (Å²) >= 11 is 3.32. The third kappa shape index (κ3) is 3.62. The van der Waals surface area contributed by atoms with Crippen molar-refractivity contribution in [1.82, 2.24) is 9.78 Å². The fraction of sp³-hybridized carbons (Fsp3) is 0.615. The first-order valence-corrected chi connectivity index (χ1v) is 7.63. The van der Waals surface area contributed by atoms with Crippen molar-refractivity contribution in [2.24, 2.45) is 11.7 Å². The van der Waals surface area contributed by atoms with Gasteiger partial charge in [0.15, 0.2) is 0 Å². The van der Waals surface area contributed by atoms with Gasteiger partial charge in [-0.05, 0) is 41.2 Å². The number of nitrogens with zero attached hydrogens (tertiary/aromatic N) is 3. The molecule has 0 amide bonds. The molecular weight excluding hydrogens is 340 g/mol. The number of piperidine rings is 1. The molecule has 2 heterocycles. The lowest BCUT2D eigenvalue weighted by atomic mass is 9.98. The number of esters is 1. The summed E-state index contributed by atoms with van der Waals surface area (Å²) in [6, 6.07) is 0. The van der Waals surface area contributed by atoms with E-state index in [1.807, 2.05) is 0 Å². The monoisotopic (exact) mass is 358 g/mol. The van der Waals surface area contributed by atoms with Crippen LogP contribution in [0.4, 0.5) is 5.69 Å². The minimum absolute atomic E-state index is 0.195. The number of anilines is 1. The first-order chi connectivity index (χ1) is 10.1. The van der Waals surface area contributed by atoms with Gasteiger partial charge in [-0.15, -0.1) is 0 Å². The number of rotatable bonds is 4. The Hall–Kier alpha value is -1.41. The van der Waals surface area contributed by atoms with Gasteiger partial charge in [0.05, 0.1) is 19.0 Å². The second-order valence-corrected chi connectivity index (χ2v) is 5.87. The number of nitrogens with two attached hydrogens (primary N) is 1. The van der Waals surface area contributed by atoms with Crippen LogP contribution in [0.2, 0.25) is 0 Å². The molecule has 0 bridgehead atoms. The van der Waals surface area contributed by atoms with Crippen molar-refractivity contribution in [2.45, 2.75) is 19.4 Å². The van der Waals surface area contributed by atoms with Crippen LogP contribution in [0.15, 0.2) is 15.5 Å². The van der Waals surface area contributed by atoms with Gasteiger partial charge in [0, 0.05) is 13.1 Å². The number of carbonyl (C=O) groups excluding carboxylic acids is 1. The van der Waals surface area contributed by atoms with Crippen molar-refractivity contribution in [1.29, 1.82) is 0 Å². The molecule has 1 fully saturated rings. The molecule has 0 radical (unpaired) electrons. The van der Waals surface area contributed by atoms with Crippen LogP contribution in [0.3, 0.4) is 0 Å². The molecule has 1 saturated heterocycles. The molecule has 1 atom stereocenters. The third-order valence-electron chi connectivity index (χ3n) is 3.67. The fourth-order valence-electron chi connectivity index (χ4n) is 2.45. The van der Waals surface area contributed by atoms with Crippen LogP contribution < -0.4 is 16.2 Å². The highest BCUT2D eigenvalue weighted by atomic mass is 79.9. The van der Waals surface area contributed by atoms with E-state index in [9.17, 15) is 9.59 Å². The lowest BCUT2D eigenvalue weighted by Crippen LogP contribution is -2.40. The van der Waals surface area contributed by atoms with Gasteiger partial charge in [0.1, 0.15) is 11.0 Å². The molecule has 0 saturated carbocycles. The quantitative estimate of drug-likeness (QED) is 0.781. The predicted molar refractivity (Wildman–Crippen MR) is 82.2 cm³/mol. The van der Waals surface area contributed by atoms with Gasteiger partial charge in [-0.3, -0.25) is 9.59 Å². The Morgan fingerprint density at radius 3 is 3.05 bits per heavy atom. The molecule has 0 aromatic carbocycles. The molecule has 1 aliphatic heterocycles. The van der Waals surface area contributed by atoms with E-state index in [1.54, 1.807) is 6.20 Å². The van der Waals surface area contributed by atoms with E-state index >= 15 is 0 Å². The van der Waals surface area contributed by atoms with E-state index in [4.69, 9.17) is 5.73 Å². The zero-order chi connectivity index (χ0) is 15.4. The lowest BCUT2D eigenvalue weighted by Gasteiger charge is -2.34. The maximum absolute atomic E-state index is 12.2. The normalized spacial score (nSPS) is 18.6. The Bertz CT molecular complexity index is 575. The van der Waals surface area contributed by atoms with Crippen molar-refractivity contribution < 1.29 is 9.53 Å². The Morgan fingerprint density at radius 2 is 2.38 bits per heavy atom. The fourth-order valence-corrected chi connectivity index (χ4v) is 3.01. The summed E-state index contributed by atoms with van der Waals surface area (Å²) in [5.41, 5.74) is 6.14. The van der Waals surface area contributed by atoms with Crippen LogP contribution in [0.25, 0.3) is 0 Å². The van der Waals surface area contributed by atoms with E-state index in [0.29, 0.717) is 16.9 Å².